The van der Waals surface area contributed by atoms with Crippen molar-refractivity contribution in [2.24, 2.45) is 0 Å². The van der Waals surface area contributed by atoms with Gasteiger partial charge in [0, 0.05) is 18.5 Å². The predicted molar refractivity (Wildman–Crippen MR) is 176 cm³/mol. The van der Waals surface area contributed by atoms with Crippen LogP contribution in [0, 0.1) is 20.8 Å². The number of ether oxygens (including phenoxy) is 3. The van der Waals surface area contributed by atoms with Crippen molar-refractivity contribution in [3.05, 3.63) is 101 Å². The van der Waals surface area contributed by atoms with E-state index in [9.17, 15) is 22.8 Å². The molecule has 47 heavy (non-hydrogen) atoms. The molecular weight excluding hydrogens is 620 g/mol. The largest absolute Gasteiger partial charge is 0.466 e. The fraction of sp³-hybridized carbons (Fsp3) is 0.361. The van der Waals surface area contributed by atoms with Gasteiger partial charge in [-0.15, -0.1) is 0 Å². The zero-order valence-electron chi connectivity index (χ0n) is 27.2. The zero-order chi connectivity index (χ0) is 33.9. The summed E-state index contributed by atoms with van der Waals surface area (Å²) in [6.07, 6.45) is 1.43. The van der Waals surface area contributed by atoms with Crippen LogP contribution in [0.3, 0.4) is 0 Å². The second-order valence-corrected chi connectivity index (χ2v) is 13.7. The van der Waals surface area contributed by atoms with E-state index in [2.05, 4.69) is 21.6 Å². The zero-order valence-corrected chi connectivity index (χ0v) is 28.0. The maximum absolute atomic E-state index is 13.6. The molecule has 0 bridgehead atoms. The van der Waals surface area contributed by atoms with E-state index in [1.165, 1.54) is 25.0 Å². The number of nitrogens with zero attached hydrogens (tertiary/aromatic N) is 1. The van der Waals surface area contributed by atoms with Gasteiger partial charge in [-0.2, -0.15) is 0 Å². The van der Waals surface area contributed by atoms with Crippen molar-refractivity contribution in [2.45, 2.75) is 69.5 Å². The van der Waals surface area contributed by atoms with E-state index in [0.717, 1.165) is 33.9 Å². The summed E-state index contributed by atoms with van der Waals surface area (Å²) >= 11 is 0. The number of sulfonamides is 1. The number of benzene rings is 3. The van der Waals surface area contributed by atoms with Gasteiger partial charge in [-0.1, -0.05) is 66.2 Å². The van der Waals surface area contributed by atoms with Crippen LogP contribution in [0.2, 0.25) is 0 Å². The Kier molecular flexibility index (Phi) is 10.2. The summed E-state index contributed by atoms with van der Waals surface area (Å²) in [6, 6.07) is 17.7. The van der Waals surface area contributed by atoms with Crippen LogP contribution in [-0.4, -0.2) is 69.8 Å². The van der Waals surface area contributed by atoms with Gasteiger partial charge in [0.1, 0.15) is 18.8 Å². The average Bonchev–Trinajstić information content (AvgIpc) is 3.64. The first-order valence-electron chi connectivity index (χ1n) is 15.6. The van der Waals surface area contributed by atoms with Gasteiger partial charge >= 0.3 is 18.0 Å². The van der Waals surface area contributed by atoms with E-state index in [1.54, 1.807) is 26.0 Å². The average molecular weight is 661 g/mol. The molecule has 1 N–H and O–H groups in total. The van der Waals surface area contributed by atoms with Crippen LogP contribution in [0.15, 0.2) is 77.7 Å². The third-order valence-electron chi connectivity index (χ3n) is 8.68. The van der Waals surface area contributed by atoms with Crippen molar-refractivity contribution < 1.29 is 37.0 Å². The molecule has 1 aliphatic heterocycles. The molecule has 0 radical (unpaired) electrons. The van der Waals surface area contributed by atoms with Gasteiger partial charge < -0.3 is 14.2 Å². The number of likely N-dealkylation sites (tertiary alicyclic amines) is 1. The molecule has 0 spiro atoms. The molecule has 1 amide bonds. The molecule has 3 aromatic carbocycles. The van der Waals surface area contributed by atoms with Crippen molar-refractivity contribution in [3.8, 4) is 11.1 Å². The molecule has 3 aromatic rings. The van der Waals surface area contributed by atoms with Crippen molar-refractivity contribution in [1.82, 2.24) is 9.62 Å². The molecular formula is C36H40N2O8S. The first kappa shape index (κ1) is 33.9. The highest BCUT2D eigenvalue weighted by molar-refractivity contribution is 7.89. The third-order valence-corrected chi connectivity index (χ3v) is 10.5. The van der Waals surface area contributed by atoms with Gasteiger partial charge in [-0.3, -0.25) is 4.90 Å². The summed E-state index contributed by atoms with van der Waals surface area (Å²) < 4.78 is 45.8. The number of carbonyl (C=O) groups excluding carboxylic acids is 3. The van der Waals surface area contributed by atoms with E-state index in [1.807, 2.05) is 43.3 Å². The number of hydrogen-bond donors (Lipinski definition) is 1. The molecule has 1 fully saturated rings. The smallest absolute Gasteiger partial charge is 0.410 e. The van der Waals surface area contributed by atoms with Crippen molar-refractivity contribution >= 4 is 28.1 Å². The number of nitrogens with one attached hydrogen (secondary N) is 1. The minimum Gasteiger partial charge on any atom is -0.466 e. The second kappa shape index (κ2) is 14.1. The van der Waals surface area contributed by atoms with Crippen LogP contribution in [0.1, 0.15) is 53.5 Å². The molecule has 5 rings (SSSR count). The molecule has 1 saturated heterocycles. The second-order valence-electron chi connectivity index (χ2n) is 12.1. The van der Waals surface area contributed by atoms with Crippen LogP contribution in [0.4, 0.5) is 4.79 Å². The molecule has 0 saturated carbocycles. The lowest BCUT2D eigenvalue weighted by Crippen LogP contribution is -2.47. The summed E-state index contributed by atoms with van der Waals surface area (Å²) in [5.41, 5.74) is 6.44. The molecule has 2 aliphatic rings. The number of rotatable bonds is 10. The normalized spacial score (nSPS) is 17.2. The number of amides is 1. The van der Waals surface area contributed by atoms with E-state index in [-0.39, 0.29) is 17.4 Å². The SMILES string of the molecule is COC(=O)/C=C/[C@H](OC(=O)[C@@H]1CCCN1C(=O)OCC1c2ccccc2-c2ccccc21)[C@H](C)NS(=O)(=O)c1c(C)cc(C)cc1C. The first-order valence-corrected chi connectivity index (χ1v) is 17.1. The molecule has 0 unspecified atom stereocenters. The number of hydrogen-bond acceptors (Lipinski definition) is 8. The van der Waals surface area contributed by atoms with E-state index in [0.29, 0.717) is 30.5 Å². The minimum absolute atomic E-state index is 0.103. The van der Waals surface area contributed by atoms with Crippen molar-refractivity contribution in [2.75, 3.05) is 20.3 Å². The number of fused-ring (bicyclic) bond motifs is 3. The Morgan fingerprint density at radius 3 is 2.17 bits per heavy atom. The van der Waals surface area contributed by atoms with Crippen LogP contribution < -0.4 is 4.72 Å². The lowest BCUT2D eigenvalue weighted by molar-refractivity contribution is -0.152. The highest BCUT2D eigenvalue weighted by Crippen LogP contribution is 2.44. The van der Waals surface area contributed by atoms with Gasteiger partial charge in [0.05, 0.1) is 18.0 Å². The Morgan fingerprint density at radius 2 is 1.57 bits per heavy atom. The first-order chi connectivity index (χ1) is 22.4. The number of methoxy groups -OCH3 is 1. The predicted octanol–water partition coefficient (Wildman–Crippen LogP) is 5.33. The number of aryl methyl sites for hydroxylation is 3. The molecule has 3 atom stereocenters. The Hall–Kier alpha value is -4.48. The number of carbonyl (C=O) groups is 3. The third kappa shape index (κ3) is 7.26. The Morgan fingerprint density at radius 1 is 0.979 bits per heavy atom. The highest BCUT2D eigenvalue weighted by Gasteiger charge is 2.39. The quantitative estimate of drug-likeness (QED) is 0.176. The lowest BCUT2D eigenvalue weighted by Gasteiger charge is -2.27. The molecule has 1 heterocycles. The van der Waals surface area contributed by atoms with Crippen LogP contribution >= 0.6 is 0 Å². The summed E-state index contributed by atoms with van der Waals surface area (Å²) in [6.45, 7) is 7.25. The standard InChI is InChI=1S/C36H40N2O8S/c1-22-19-23(2)34(24(3)20-22)47(42,43)37-25(4)32(16-17-33(39)44-5)46-35(40)31-15-10-18-38(31)36(41)45-21-30-28-13-8-6-11-26(28)27-12-7-9-14-29(27)30/h6-9,11-14,16-17,19-20,25,30-32,37H,10,15,18,21H2,1-5H3/b17-16+/t25-,31-,32-/m0/s1. The van der Waals surface area contributed by atoms with Gasteiger partial charge in [0.15, 0.2) is 0 Å². The molecule has 0 aromatic heterocycles. The highest BCUT2D eigenvalue weighted by atomic mass is 32.2. The summed E-state index contributed by atoms with van der Waals surface area (Å²) in [7, 11) is -2.84. The topological polar surface area (TPSA) is 128 Å². The maximum atomic E-state index is 13.6. The monoisotopic (exact) mass is 660 g/mol. The molecule has 1 aliphatic carbocycles. The number of esters is 2. The van der Waals surface area contributed by atoms with Crippen LogP contribution in [0.25, 0.3) is 11.1 Å². The molecule has 248 valence electrons. The molecule has 10 nitrogen and oxygen atoms in total. The summed E-state index contributed by atoms with van der Waals surface area (Å²) in [5, 5.41) is 0. The molecule has 11 heteroatoms. The van der Waals surface area contributed by atoms with E-state index in [4.69, 9.17) is 9.47 Å². The fourth-order valence-corrected chi connectivity index (χ4v) is 8.34. The van der Waals surface area contributed by atoms with Gasteiger partial charge in [0.25, 0.3) is 0 Å². The summed E-state index contributed by atoms with van der Waals surface area (Å²) in [5.74, 6) is -1.57. The van der Waals surface area contributed by atoms with Gasteiger partial charge in [-0.25, -0.2) is 27.5 Å². The van der Waals surface area contributed by atoms with E-state index < -0.39 is 46.2 Å². The Bertz CT molecular complexity index is 1750. The summed E-state index contributed by atoms with van der Waals surface area (Å²) in [4.78, 5) is 40.3. The minimum atomic E-state index is -4.04. The Balaban J connectivity index is 1.29. The van der Waals surface area contributed by atoms with Gasteiger partial charge in [-0.05, 0) is 80.0 Å². The van der Waals surface area contributed by atoms with Crippen LogP contribution in [0.5, 0.6) is 0 Å². The van der Waals surface area contributed by atoms with Crippen molar-refractivity contribution in [3.63, 3.8) is 0 Å². The maximum Gasteiger partial charge on any atom is 0.410 e. The fourth-order valence-electron chi connectivity index (χ4n) is 6.63. The van der Waals surface area contributed by atoms with Crippen LogP contribution in [-0.2, 0) is 33.8 Å². The van der Waals surface area contributed by atoms with Gasteiger partial charge in [0.2, 0.25) is 10.0 Å². The Labute approximate surface area is 275 Å². The van der Waals surface area contributed by atoms with E-state index >= 15 is 0 Å². The van der Waals surface area contributed by atoms with Crippen molar-refractivity contribution in [1.29, 1.82) is 0 Å². The lowest BCUT2D eigenvalue weighted by atomic mass is 9.98.